The summed E-state index contributed by atoms with van der Waals surface area (Å²) in [7, 11) is 5.38. The number of aryl methyl sites for hydroxylation is 2. The average molecular weight is 493 g/mol. The van der Waals surface area contributed by atoms with Gasteiger partial charge in [0.25, 0.3) is 5.91 Å². The Morgan fingerprint density at radius 3 is 2.47 bits per heavy atom. The van der Waals surface area contributed by atoms with Crippen LogP contribution in [0.2, 0.25) is 0 Å². The van der Waals surface area contributed by atoms with Crippen molar-refractivity contribution in [3.05, 3.63) is 75.5 Å². The van der Waals surface area contributed by atoms with Gasteiger partial charge in [0, 0.05) is 47.3 Å². The summed E-state index contributed by atoms with van der Waals surface area (Å²) in [5.41, 5.74) is 6.11. The number of hydrogen-bond acceptors (Lipinski definition) is 4. The van der Waals surface area contributed by atoms with Gasteiger partial charge in [-0.25, -0.2) is 4.98 Å². The lowest BCUT2D eigenvalue weighted by Crippen LogP contribution is -2.27. The zero-order valence-corrected chi connectivity index (χ0v) is 20.4. The van der Waals surface area contributed by atoms with E-state index in [2.05, 4.69) is 21.0 Å². The van der Waals surface area contributed by atoms with Gasteiger partial charge in [0.15, 0.2) is 0 Å². The van der Waals surface area contributed by atoms with Crippen LogP contribution >= 0.6 is 15.9 Å². The first kappa shape index (κ1) is 22.0. The molecule has 0 aliphatic carbocycles. The molecule has 0 spiro atoms. The van der Waals surface area contributed by atoms with Crippen LogP contribution in [0.3, 0.4) is 0 Å². The van der Waals surface area contributed by atoms with E-state index in [0.717, 1.165) is 49.3 Å². The van der Waals surface area contributed by atoms with E-state index in [-0.39, 0.29) is 5.91 Å². The minimum atomic E-state index is -0.0621. The van der Waals surface area contributed by atoms with Gasteiger partial charge in [0.05, 0.1) is 29.6 Å². The summed E-state index contributed by atoms with van der Waals surface area (Å²) in [5.74, 6) is 0.713. The highest BCUT2D eigenvalue weighted by Gasteiger charge is 2.20. The average Bonchev–Trinajstić information content (AvgIpc) is 3.03. The molecule has 164 valence electrons. The SMILES string of the molecule is COc1ccc(-c2cc(C(=O)N(C)Cc3c(C)nn(C)c3C)c3cc(Br)ccc3n2)cc1. The van der Waals surface area contributed by atoms with E-state index in [1.807, 2.05) is 81.2 Å². The molecule has 0 saturated heterocycles. The normalized spacial score (nSPS) is 11.1. The number of amides is 1. The van der Waals surface area contributed by atoms with Crippen LogP contribution < -0.4 is 4.74 Å². The highest BCUT2D eigenvalue weighted by atomic mass is 79.9. The molecule has 0 aliphatic rings. The fourth-order valence-electron chi connectivity index (χ4n) is 3.85. The number of nitrogens with zero attached hydrogens (tertiary/aromatic N) is 4. The Labute approximate surface area is 196 Å². The third-order valence-electron chi connectivity index (χ3n) is 5.79. The van der Waals surface area contributed by atoms with E-state index in [1.165, 1.54) is 0 Å². The van der Waals surface area contributed by atoms with Crippen LogP contribution in [0.5, 0.6) is 5.75 Å². The van der Waals surface area contributed by atoms with E-state index in [1.54, 1.807) is 12.0 Å². The summed E-state index contributed by atoms with van der Waals surface area (Å²) in [4.78, 5) is 20.2. The summed E-state index contributed by atoms with van der Waals surface area (Å²) >= 11 is 3.53. The van der Waals surface area contributed by atoms with Crippen LogP contribution in [-0.4, -0.2) is 39.7 Å². The summed E-state index contributed by atoms with van der Waals surface area (Å²) in [6.07, 6.45) is 0. The number of fused-ring (bicyclic) bond motifs is 1. The number of hydrogen-bond donors (Lipinski definition) is 0. The zero-order valence-electron chi connectivity index (χ0n) is 18.8. The molecule has 32 heavy (non-hydrogen) atoms. The van der Waals surface area contributed by atoms with Crippen molar-refractivity contribution in [1.29, 1.82) is 0 Å². The van der Waals surface area contributed by atoms with E-state index in [9.17, 15) is 4.79 Å². The monoisotopic (exact) mass is 492 g/mol. The molecule has 4 rings (SSSR count). The quantitative estimate of drug-likeness (QED) is 0.379. The van der Waals surface area contributed by atoms with Crippen molar-refractivity contribution in [2.24, 2.45) is 7.05 Å². The minimum absolute atomic E-state index is 0.0621. The van der Waals surface area contributed by atoms with Crippen LogP contribution in [0.1, 0.15) is 27.3 Å². The lowest BCUT2D eigenvalue weighted by Gasteiger charge is -2.19. The summed E-state index contributed by atoms with van der Waals surface area (Å²) in [6, 6.07) is 15.4. The standard InChI is InChI=1S/C25H25BrN4O2/c1-15-22(16(2)30(4)28-15)14-29(3)25(31)21-13-24(17-6-9-19(32-5)10-7-17)27-23-11-8-18(26)12-20(21)23/h6-13H,14H2,1-5H3. The molecule has 4 aromatic rings. The molecule has 0 bridgehead atoms. The number of carbonyl (C=O) groups excluding carboxylic acids is 1. The van der Waals surface area contributed by atoms with Gasteiger partial charge in [-0.15, -0.1) is 0 Å². The Balaban J connectivity index is 1.78. The van der Waals surface area contributed by atoms with Gasteiger partial charge in [-0.1, -0.05) is 15.9 Å². The maximum absolute atomic E-state index is 13.6. The molecule has 1 amide bonds. The lowest BCUT2D eigenvalue weighted by atomic mass is 10.0. The van der Waals surface area contributed by atoms with Gasteiger partial charge in [-0.05, 0) is 62.4 Å². The second kappa shape index (κ2) is 8.74. The van der Waals surface area contributed by atoms with Crippen molar-refractivity contribution in [1.82, 2.24) is 19.7 Å². The van der Waals surface area contributed by atoms with Crippen LogP contribution in [0.4, 0.5) is 0 Å². The molecule has 0 aliphatic heterocycles. The molecular weight excluding hydrogens is 468 g/mol. The maximum Gasteiger partial charge on any atom is 0.254 e. The molecule has 0 N–H and O–H groups in total. The molecule has 2 aromatic heterocycles. The number of rotatable bonds is 5. The van der Waals surface area contributed by atoms with E-state index >= 15 is 0 Å². The molecule has 0 atom stereocenters. The first-order valence-corrected chi connectivity index (χ1v) is 11.1. The molecule has 0 fully saturated rings. The molecule has 0 radical (unpaired) electrons. The van der Waals surface area contributed by atoms with Gasteiger partial charge in [0.1, 0.15) is 5.75 Å². The van der Waals surface area contributed by atoms with Gasteiger partial charge in [0.2, 0.25) is 0 Å². The Morgan fingerprint density at radius 1 is 1.12 bits per heavy atom. The smallest absolute Gasteiger partial charge is 0.254 e. The lowest BCUT2D eigenvalue weighted by molar-refractivity contribution is 0.0786. The van der Waals surface area contributed by atoms with Crippen molar-refractivity contribution >= 4 is 32.7 Å². The number of aromatic nitrogens is 3. The topological polar surface area (TPSA) is 60.2 Å². The number of pyridine rings is 1. The predicted molar refractivity (Wildman–Crippen MR) is 130 cm³/mol. The van der Waals surface area contributed by atoms with E-state index in [4.69, 9.17) is 9.72 Å². The Bertz CT molecular complexity index is 1310. The van der Waals surface area contributed by atoms with Crippen molar-refractivity contribution in [3.63, 3.8) is 0 Å². The second-order valence-electron chi connectivity index (χ2n) is 7.88. The Hall–Kier alpha value is -3.19. The van der Waals surface area contributed by atoms with Crippen molar-refractivity contribution in [2.75, 3.05) is 14.2 Å². The van der Waals surface area contributed by atoms with Crippen LogP contribution in [0.25, 0.3) is 22.2 Å². The van der Waals surface area contributed by atoms with Crippen molar-refractivity contribution < 1.29 is 9.53 Å². The number of methoxy groups -OCH3 is 1. The van der Waals surface area contributed by atoms with Gasteiger partial charge >= 0.3 is 0 Å². The zero-order chi connectivity index (χ0) is 23.0. The molecule has 0 saturated carbocycles. The molecule has 2 aromatic carbocycles. The highest BCUT2D eigenvalue weighted by Crippen LogP contribution is 2.29. The first-order chi connectivity index (χ1) is 15.3. The van der Waals surface area contributed by atoms with Crippen molar-refractivity contribution in [3.8, 4) is 17.0 Å². The number of benzene rings is 2. The van der Waals surface area contributed by atoms with Crippen LogP contribution in [0, 0.1) is 13.8 Å². The fourth-order valence-corrected chi connectivity index (χ4v) is 4.21. The molecule has 6 nitrogen and oxygen atoms in total. The second-order valence-corrected chi connectivity index (χ2v) is 8.79. The van der Waals surface area contributed by atoms with Crippen LogP contribution in [0.15, 0.2) is 53.0 Å². The third-order valence-corrected chi connectivity index (χ3v) is 6.28. The summed E-state index contributed by atoms with van der Waals surface area (Å²) < 4.78 is 8.02. The molecule has 0 unspecified atom stereocenters. The molecule has 7 heteroatoms. The Morgan fingerprint density at radius 2 is 1.84 bits per heavy atom. The van der Waals surface area contributed by atoms with E-state index < -0.39 is 0 Å². The first-order valence-electron chi connectivity index (χ1n) is 10.3. The summed E-state index contributed by atoms with van der Waals surface area (Å²) in [5, 5.41) is 5.29. The third kappa shape index (κ3) is 4.12. The van der Waals surface area contributed by atoms with Gasteiger partial charge < -0.3 is 9.64 Å². The van der Waals surface area contributed by atoms with Gasteiger partial charge in [-0.2, -0.15) is 5.10 Å². The largest absolute Gasteiger partial charge is 0.497 e. The minimum Gasteiger partial charge on any atom is -0.497 e. The molecular formula is C25H25BrN4O2. The number of ether oxygens (including phenoxy) is 1. The van der Waals surface area contributed by atoms with Crippen LogP contribution in [-0.2, 0) is 13.6 Å². The summed E-state index contributed by atoms with van der Waals surface area (Å²) in [6.45, 7) is 4.48. The fraction of sp³-hybridized carbons (Fsp3) is 0.240. The Kier molecular flexibility index (Phi) is 6.02. The number of carbonyl (C=O) groups is 1. The van der Waals surface area contributed by atoms with E-state index in [0.29, 0.717) is 12.1 Å². The highest BCUT2D eigenvalue weighted by molar-refractivity contribution is 9.10. The number of halogens is 1. The van der Waals surface area contributed by atoms with Crippen molar-refractivity contribution in [2.45, 2.75) is 20.4 Å². The molecule has 2 heterocycles. The predicted octanol–water partition coefficient (Wildman–Crippen LogP) is 5.30. The van der Waals surface area contributed by atoms with Gasteiger partial charge in [-0.3, -0.25) is 9.48 Å². The maximum atomic E-state index is 13.6.